The zero-order chi connectivity index (χ0) is 14.9. The van der Waals surface area contributed by atoms with Crippen LogP contribution in [0.3, 0.4) is 0 Å². The van der Waals surface area contributed by atoms with Crippen LogP contribution in [-0.2, 0) is 6.18 Å². The van der Waals surface area contributed by atoms with Crippen molar-refractivity contribution in [3.05, 3.63) is 51.2 Å². The minimum absolute atomic E-state index is 0.0664. The molecule has 20 heavy (non-hydrogen) atoms. The van der Waals surface area contributed by atoms with Gasteiger partial charge in [0.15, 0.2) is 0 Å². The second-order valence-corrected chi connectivity index (χ2v) is 6.27. The van der Waals surface area contributed by atoms with Gasteiger partial charge in [0.1, 0.15) is 0 Å². The minimum Gasteiger partial charge on any atom is -0.378 e. The number of benzene rings is 1. The Morgan fingerprint density at radius 2 is 1.70 bits per heavy atom. The molecule has 1 unspecified atom stereocenters. The zero-order valence-electron chi connectivity index (χ0n) is 11.5. The van der Waals surface area contributed by atoms with Gasteiger partial charge in [0, 0.05) is 21.5 Å². The summed E-state index contributed by atoms with van der Waals surface area (Å²) in [6.07, 6.45) is -4.29. The van der Waals surface area contributed by atoms with Gasteiger partial charge < -0.3 is 5.32 Å². The van der Waals surface area contributed by atoms with Crippen molar-refractivity contribution in [1.29, 1.82) is 0 Å². The summed E-state index contributed by atoms with van der Waals surface area (Å²) < 4.78 is 37.5. The molecule has 0 saturated heterocycles. The maximum Gasteiger partial charge on any atom is 0.416 e. The van der Waals surface area contributed by atoms with Gasteiger partial charge in [0.05, 0.1) is 5.56 Å². The molecule has 5 heteroatoms. The summed E-state index contributed by atoms with van der Waals surface area (Å²) in [6.45, 7) is 6.11. The second-order valence-electron chi connectivity index (χ2n) is 4.81. The molecule has 1 heterocycles. The number of halogens is 3. The van der Waals surface area contributed by atoms with Crippen molar-refractivity contribution < 1.29 is 13.2 Å². The first-order valence-corrected chi connectivity index (χ1v) is 7.10. The van der Waals surface area contributed by atoms with Crippen molar-refractivity contribution in [2.24, 2.45) is 0 Å². The molecule has 0 amide bonds. The summed E-state index contributed by atoms with van der Waals surface area (Å²) in [4.78, 5) is 2.47. The Labute approximate surface area is 120 Å². The number of thiophene rings is 1. The molecular formula is C15H16F3NS. The first kappa shape index (κ1) is 14.9. The fourth-order valence-electron chi connectivity index (χ4n) is 2.16. The van der Waals surface area contributed by atoms with Crippen LogP contribution in [0.25, 0.3) is 0 Å². The van der Waals surface area contributed by atoms with Gasteiger partial charge in [0.25, 0.3) is 0 Å². The molecule has 0 radical (unpaired) electrons. The Kier molecular flexibility index (Phi) is 4.09. The molecule has 108 valence electrons. The fraction of sp³-hybridized carbons (Fsp3) is 0.333. The van der Waals surface area contributed by atoms with Gasteiger partial charge in [-0.2, -0.15) is 13.2 Å². The lowest BCUT2D eigenvalue weighted by Gasteiger charge is -2.16. The molecule has 1 aromatic carbocycles. The predicted octanol–water partition coefficient (Wildman–Crippen LogP) is 5.56. The Morgan fingerprint density at radius 3 is 2.15 bits per heavy atom. The van der Waals surface area contributed by atoms with E-state index in [1.54, 1.807) is 11.3 Å². The number of alkyl halides is 3. The van der Waals surface area contributed by atoms with E-state index in [2.05, 4.69) is 18.3 Å². The number of hydrogen-bond donors (Lipinski definition) is 1. The summed E-state index contributed by atoms with van der Waals surface area (Å²) in [7, 11) is 0. The van der Waals surface area contributed by atoms with E-state index in [4.69, 9.17) is 0 Å². The van der Waals surface area contributed by atoms with E-state index in [-0.39, 0.29) is 6.04 Å². The molecule has 0 aliphatic carbocycles. The summed E-state index contributed by atoms with van der Waals surface area (Å²) in [5.41, 5.74) is 1.25. The number of nitrogens with one attached hydrogen (secondary N) is 1. The third-order valence-electron chi connectivity index (χ3n) is 3.14. The van der Waals surface area contributed by atoms with Gasteiger partial charge in [-0.15, -0.1) is 11.3 Å². The van der Waals surface area contributed by atoms with Crippen molar-refractivity contribution >= 4 is 17.0 Å². The maximum absolute atomic E-state index is 12.5. The third-order valence-corrected chi connectivity index (χ3v) is 4.12. The lowest BCUT2D eigenvalue weighted by atomic mass is 10.1. The van der Waals surface area contributed by atoms with Crippen LogP contribution in [-0.4, -0.2) is 0 Å². The molecule has 0 aliphatic heterocycles. The van der Waals surface area contributed by atoms with Crippen molar-refractivity contribution in [2.45, 2.75) is 33.0 Å². The number of aryl methyl sites for hydroxylation is 2. The van der Waals surface area contributed by atoms with E-state index in [1.807, 2.05) is 13.8 Å². The Morgan fingerprint density at radius 1 is 1.10 bits per heavy atom. The van der Waals surface area contributed by atoms with Crippen molar-refractivity contribution in [1.82, 2.24) is 0 Å². The molecule has 0 fully saturated rings. The highest BCUT2D eigenvalue weighted by atomic mass is 32.1. The maximum atomic E-state index is 12.5. The van der Waals surface area contributed by atoms with E-state index in [0.29, 0.717) is 5.69 Å². The van der Waals surface area contributed by atoms with Crippen molar-refractivity contribution in [2.75, 3.05) is 5.32 Å². The van der Waals surface area contributed by atoms with Gasteiger partial charge in [-0.05, 0) is 56.7 Å². The minimum atomic E-state index is -4.29. The molecule has 1 N–H and O–H groups in total. The van der Waals surface area contributed by atoms with Gasteiger partial charge >= 0.3 is 6.18 Å². The molecule has 2 rings (SSSR count). The van der Waals surface area contributed by atoms with Crippen LogP contribution in [0.2, 0.25) is 0 Å². The van der Waals surface area contributed by atoms with Crippen LogP contribution >= 0.6 is 11.3 Å². The third kappa shape index (κ3) is 3.33. The Bertz CT molecular complexity index is 584. The Balaban J connectivity index is 2.12. The monoisotopic (exact) mass is 299 g/mol. The van der Waals surface area contributed by atoms with Crippen LogP contribution in [0, 0.1) is 13.8 Å². The lowest BCUT2D eigenvalue weighted by Crippen LogP contribution is -2.08. The molecule has 0 spiro atoms. The topological polar surface area (TPSA) is 12.0 Å². The SMILES string of the molecule is Cc1cc(C(C)Nc2ccc(C(F)(F)F)cc2)c(C)s1. The second kappa shape index (κ2) is 5.48. The van der Waals surface area contributed by atoms with E-state index >= 15 is 0 Å². The molecule has 1 aromatic heterocycles. The van der Waals surface area contributed by atoms with E-state index in [9.17, 15) is 13.2 Å². The highest BCUT2D eigenvalue weighted by Gasteiger charge is 2.29. The van der Waals surface area contributed by atoms with Gasteiger partial charge in [-0.1, -0.05) is 0 Å². The standard InChI is InChI=1S/C15H16F3NS/c1-9-8-14(11(3)20-9)10(2)19-13-6-4-12(5-7-13)15(16,17)18/h4-8,10,19H,1-3H3. The lowest BCUT2D eigenvalue weighted by molar-refractivity contribution is -0.137. The molecule has 1 nitrogen and oxygen atoms in total. The van der Waals surface area contributed by atoms with Crippen LogP contribution in [0.1, 0.15) is 33.8 Å². The average molecular weight is 299 g/mol. The van der Waals surface area contributed by atoms with Crippen molar-refractivity contribution in [3.63, 3.8) is 0 Å². The first-order chi connectivity index (χ1) is 9.27. The fourth-order valence-corrected chi connectivity index (χ4v) is 3.19. The zero-order valence-corrected chi connectivity index (χ0v) is 12.3. The Hall–Kier alpha value is -1.49. The van der Waals surface area contributed by atoms with E-state index < -0.39 is 11.7 Å². The largest absolute Gasteiger partial charge is 0.416 e. The molecule has 0 bridgehead atoms. The van der Waals surface area contributed by atoms with Crippen molar-refractivity contribution in [3.8, 4) is 0 Å². The summed E-state index contributed by atoms with van der Waals surface area (Å²) >= 11 is 1.73. The summed E-state index contributed by atoms with van der Waals surface area (Å²) in [5.74, 6) is 0. The van der Waals surface area contributed by atoms with Gasteiger partial charge in [-0.3, -0.25) is 0 Å². The van der Waals surface area contributed by atoms with Crippen LogP contribution in [0.5, 0.6) is 0 Å². The van der Waals surface area contributed by atoms with Gasteiger partial charge in [0.2, 0.25) is 0 Å². The van der Waals surface area contributed by atoms with Crippen LogP contribution in [0.4, 0.5) is 18.9 Å². The molecule has 0 aliphatic rings. The molecule has 1 atom stereocenters. The molecular weight excluding hydrogens is 283 g/mol. The first-order valence-electron chi connectivity index (χ1n) is 6.28. The highest BCUT2D eigenvalue weighted by Crippen LogP contribution is 2.31. The molecule has 2 aromatic rings. The normalized spacial score (nSPS) is 13.3. The van der Waals surface area contributed by atoms with Gasteiger partial charge in [-0.25, -0.2) is 0 Å². The summed E-state index contributed by atoms with van der Waals surface area (Å²) in [5, 5.41) is 3.23. The van der Waals surface area contributed by atoms with Crippen LogP contribution < -0.4 is 5.32 Å². The quantitative estimate of drug-likeness (QED) is 0.782. The smallest absolute Gasteiger partial charge is 0.378 e. The van der Waals surface area contributed by atoms with Crippen LogP contribution in [0.15, 0.2) is 30.3 Å². The highest BCUT2D eigenvalue weighted by molar-refractivity contribution is 7.12. The predicted molar refractivity (Wildman–Crippen MR) is 77.3 cm³/mol. The number of rotatable bonds is 3. The van der Waals surface area contributed by atoms with E-state index in [1.165, 1.54) is 27.5 Å². The number of hydrogen-bond acceptors (Lipinski definition) is 2. The average Bonchev–Trinajstić information content (AvgIpc) is 2.68. The summed E-state index contributed by atoms with van der Waals surface area (Å²) in [6, 6.07) is 7.31. The molecule has 0 saturated carbocycles. The number of anilines is 1. The van der Waals surface area contributed by atoms with E-state index in [0.717, 1.165) is 12.1 Å².